The summed E-state index contributed by atoms with van der Waals surface area (Å²) in [7, 11) is 0. The van der Waals surface area contributed by atoms with Crippen molar-refractivity contribution < 1.29 is 4.92 Å². The number of hydrogen-bond acceptors (Lipinski definition) is 3. The smallest absolute Gasteiger partial charge is 0.274 e. The standard InChI is InChI=1S/C14H17N3O2/c1-3-16-7-6-12(10-16)9-15-13-5-4-11(2)14(8-13)17(18)19/h4-8,10,15H,3,9H2,1-2H3. The third kappa shape index (κ3) is 3.13. The van der Waals surface area contributed by atoms with E-state index in [0.717, 1.165) is 17.8 Å². The van der Waals surface area contributed by atoms with E-state index in [1.165, 1.54) is 0 Å². The summed E-state index contributed by atoms with van der Waals surface area (Å²) in [5.74, 6) is 0. The molecule has 0 atom stereocenters. The lowest BCUT2D eigenvalue weighted by Gasteiger charge is -2.06. The zero-order chi connectivity index (χ0) is 13.8. The molecule has 0 saturated carbocycles. The molecule has 0 spiro atoms. The molecule has 0 aliphatic heterocycles. The molecule has 0 aliphatic rings. The fourth-order valence-electron chi connectivity index (χ4n) is 1.91. The number of nitro groups is 1. The first-order valence-electron chi connectivity index (χ1n) is 6.23. The van der Waals surface area contributed by atoms with Crippen LogP contribution in [0.3, 0.4) is 0 Å². The van der Waals surface area contributed by atoms with E-state index >= 15 is 0 Å². The quantitative estimate of drug-likeness (QED) is 0.661. The summed E-state index contributed by atoms with van der Waals surface area (Å²) in [4.78, 5) is 10.5. The summed E-state index contributed by atoms with van der Waals surface area (Å²) in [6.45, 7) is 5.42. The Morgan fingerprint density at radius 3 is 2.79 bits per heavy atom. The predicted octanol–water partition coefficient (Wildman–Crippen LogP) is 3.34. The number of anilines is 1. The number of nitrogens with one attached hydrogen (secondary N) is 1. The molecule has 2 aromatic rings. The van der Waals surface area contributed by atoms with Crippen molar-refractivity contribution in [2.45, 2.75) is 26.9 Å². The number of aryl methyl sites for hydroxylation is 2. The molecule has 0 aliphatic carbocycles. The molecule has 100 valence electrons. The number of benzene rings is 1. The molecule has 2 rings (SSSR count). The minimum absolute atomic E-state index is 0.149. The molecule has 5 heteroatoms. The second-order valence-electron chi connectivity index (χ2n) is 4.46. The van der Waals surface area contributed by atoms with Gasteiger partial charge >= 0.3 is 0 Å². The molecule has 0 fully saturated rings. The average molecular weight is 259 g/mol. The molecule has 1 heterocycles. The van der Waals surface area contributed by atoms with Crippen LogP contribution in [0.1, 0.15) is 18.1 Å². The van der Waals surface area contributed by atoms with Crippen LogP contribution in [-0.2, 0) is 13.1 Å². The highest BCUT2D eigenvalue weighted by molar-refractivity contribution is 5.55. The highest BCUT2D eigenvalue weighted by Crippen LogP contribution is 2.22. The molecular formula is C14H17N3O2. The zero-order valence-corrected chi connectivity index (χ0v) is 11.1. The van der Waals surface area contributed by atoms with Gasteiger partial charge in [-0.3, -0.25) is 10.1 Å². The minimum Gasteiger partial charge on any atom is -0.381 e. The Bertz CT molecular complexity index is 590. The molecule has 0 amide bonds. The van der Waals surface area contributed by atoms with Gasteiger partial charge in [-0.25, -0.2) is 0 Å². The molecule has 1 aromatic heterocycles. The van der Waals surface area contributed by atoms with Gasteiger partial charge in [0.25, 0.3) is 5.69 Å². The van der Waals surface area contributed by atoms with E-state index in [2.05, 4.69) is 23.0 Å². The van der Waals surface area contributed by atoms with Gasteiger partial charge in [-0.15, -0.1) is 0 Å². The molecule has 0 unspecified atom stereocenters. The summed E-state index contributed by atoms with van der Waals surface area (Å²) < 4.78 is 2.09. The second-order valence-corrected chi connectivity index (χ2v) is 4.46. The van der Waals surface area contributed by atoms with Crippen molar-refractivity contribution in [2.24, 2.45) is 0 Å². The Hall–Kier alpha value is -2.30. The van der Waals surface area contributed by atoms with Crippen molar-refractivity contribution in [3.8, 4) is 0 Å². The van der Waals surface area contributed by atoms with Crippen molar-refractivity contribution in [3.63, 3.8) is 0 Å². The third-order valence-corrected chi connectivity index (χ3v) is 3.08. The Labute approximate surface area is 112 Å². The van der Waals surface area contributed by atoms with Crippen LogP contribution in [0.2, 0.25) is 0 Å². The van der Waals surface area contributed by atoms with Crippen LogP contribution in [0.5, 0.6) is 0 Å². The maximum absolute atomic E-state index is 10.9. The van der Waals surface area contributed by atoms with Crippen molar-refractivity contribution >= 4 is 11.4 Å². The van der Waals surface area contributed by atoms with Crippen molar-refractivity contribution in [2.75, 3.05) is 5.32 Å². The fourth-order valence-corrected chi connectivity index (χ4v) is 1.91. The Kier molecular flexibility index (Phi) is 3.85. The molecule has 1 aromatic carbocycles. The van der Waals surface area contributed by atoms with Gasteiger partial charge in [0.1, 0.15) is 0 Å². The van der Waals surface area contributed by atoms with E-state index in [1.54, 1.807) is 19.1 Å². The number of nitro benzene ring substituents is 1. The van der Waals surface area contributed by atoms with E-state index in [4.69, 9.17) is 0 Å². The van der Waals surface area contributed by atoms with Gasteiger partial charge in [0.05, 0.1) is 4.92 Å². The molecule has 1 N–H and O–H groups in total. The zero-order valence-electron chi connectivity index (χ0n) is 11.1. The number of hydrogen-bond donors (Lipinski definition) is 1. The Morgan fingerprint density at radius 1 is 1.37 bits per heavy atom. The van der Waals surface area contributed by atoms with Gasteiger partial charge in [0.2, 0.25) is 0 Å². The first-order valence-corrected chi connectivity index (χ1v) is 6.23. The number of rotatable bonds is 5. The summed E-state index contributed by atoms with van der Waals surface area (Å²) >= 11 is 0. The predicted molar refractivity (Wildman–Crippen MR) is 75.3 cm³/mol. The van der Waals surface area contributed by atoms with Gasteiger partial charge in [-0.1, -0.05) is 6.07 Å². The van der Waals surface area contributed by atoms with Gasteiger partial charge in [-0.2, -0.15) is 0 Å². The molecule has 0 radical (unpaired) electrons. The lowest BCUT2D eigenvalue weighted by Crippen LogP contribution is -2.00. The first kappa shape index (κ1) is 13.1. The molecular weight excluding hydrogens is 242 g/mol. The van der Waals surface area contributed by atoms with Crippen molar-refractivity contribution in [1.82, 2.24) is 4.57 Å². The van der Waals surface area contributed by atoms with Crippen LogP contribution in [0.15, 0.2) is 36.7 Å². The van der Waals surface area contributed by atoms with Crippen LogP contribution in [0.4, 0.5) is 11.4 Å². The highest BCUT2D eigenvalue weighted by Gasteiger charge is 2.10. The van der Waals surface area contributed by atoms with E-state index < -0.39 is 0 Å². The summed E-state index contributed by atoms with van der Waals surface area (Å²) in [6, 6.07) is 7.24. The largest absolute Gasteiger partial charge is 0.381 e. The van der Waals surface area contributed by atoms with Crippen LogP contribution in [0, 0.1) is 17.0 Å². The average Bonchev–Trinajstić information content (AvgIpc) is 2.85. The lowest BCUT2D eigenvalue weighted by atomic mass is 10.2. The number of nitrogens with zero attached hydrogens (tertiary/aromatic N) is 2. The summed E-state index contributed by atoms with van der Waals surface area (Å²) in [6.07, 6.45) is 4.09. The van der Waals surface area contributed by atoms with E-state index in [1.807, 2.05) is 18.3 Å². The molecule has 19 heavy (non-hydrogen) atoms. The van der Waals surface area contributed by atoms with Crippen LogP contribution in [0.25, 0.3) is 0 Å². The van der Waals surface area contributed by atoms with E-state index in [0.29, 0.717) is 12.1 Å². The van der Waals surface area contributed by atoms with Gasteiger partial charge in [0, 0.05) is 42.8 Å². The first-order chi connectivity index (χ1) is 9.10. The van der Waals surface area contributed by atoms with E-state index in [-0.39, 0.29) is 10.6 Å². The SMILES string of the molecule is CCn1ccc(CNc2ccc(C)c([N+](=O)[O-])c2)c1. The van der Waals surface area contributed by atoms with Gasteiger partial charge in [0.15, 0.2) is 0 Å². The molecule has 5 nitrogen and oxygen atoms in total. The lowest BCUT2D eigenvalue weighted by molar-refractivity contribution is -0.385. The maximum Gasteiger partial charge on any atom is 0.274 e. The Balaban J connectivity index is 2.07. The van der Waals surface area contributed by atoms with Crippen LogP contribution >= 0.6 is 0 Å². The van der Waals surface area contributed by atoms with Crippen molar-refractivity contribution in [3.05, 3.63) is 57.9 Å². The van der Waals surface area contributed by atoms with E-state index in [9.17, 15) is 10.1 Å². The fraction of sp³-hybridized carbons (Fsp3) is 0.286. The normalized spacial score (nSPS) is 10.4. The topological polar surface area (TPSA) is 60.1 Å². The third-order valence-electron chi connectivity index (χ3n) is 3.08. The van der Waals surface area contributed by atoms with Gasteiger partial charge in [-0.05, 0) is 31.5 Å². The monoisotopic (exact) mass is 259 g/mol. The van der Waals surface area contributed by atoms with Crippen molar-refractivity contribution in [1.29, 1.82) is 0 Å². The number of aromatic nitrogens is 1. The molecule has 0 bridgehead atoms. The summed E-state index contributed by atoms with van der Waals surface area (Å²) in [5.41, 5.74) is 2.75. The van der Waals surface area contributed by atoms with Crippen LogP contribution < -0.4 is 5.32 Å². The second kappa shape index (κ2) is 5.56. The summed E-state index contributed by atoms with van der Waals surface area (Å²) in [5, 5.41) is 14.1. The van der Waals surface area contributed by atoms with Gasteiger partial charge < -0.3 is 9.88 Å². The minimum atomic E-state index is -0.353. The molecule has 0 saturated heterocycles. The van der Waals surface area contributed by atoms with Crippen LogP contribution in [-0.4, -0.2) is 9.49 Å². The highest BCUT2D eigenvalue weighted by atomic mass is 16.6. The maximum atomic E-state index is 10.9. The Morgan fingerprint density at radius 2 is 2.16 bits per heavy atom.